The lowest BCUT2D eigenvalue weighted by molar-refractivity contribution is -0.384. The fourth-order valence-electron chi connectivity index (χ4n) is 2.05. The maximum absolute atomic E-state index is 11.0. The van der Waals surface area contributed by atoms with Gasteiger partial charge in [-0.1, -0.05) is 0 Å². The number of primary amides is 1. The van der Waals surface area contributed by atoms with Gasteiger partial charge in [-0.2, -0.15) is 0 Å². The van der Waals surface area contributed by atoms with Gasteiger partial charge >= 0.3 is 0 Å². The van der Waals surface area contributed by atoms with Gasteiger partial charge in [0.25, 0.3) is 5.69 Å². The summed E-state index contributed by atoms with van der Waals surface area (Å²) >= 11 is 0. The number of carbonyl (C=O) groups is 1. The Morgan fingerprint density at radius 2 is 2.28 bits per heavy atom. The Labute approximate surface area is 103 Å². The van der Waals surface area contributed by atoms with E-state index in [1.807, 2.05) is 0 Å². The Morgan fingerprint density at radius 1 is 1.56 bits per heavy atom. The molecule has 1 atom stereocenters. The molecule has 1 aliphatic heterocycles. The number of nitrogens with zero attached hydrogens (tertiary/aromatic N) is 2. The second kappa shape index (κ2) is 4.61. The number of amides is 1. The van der Waals surface area contributed by atoms with Gasteiger partial charge in [0, 0.05) is 24.7 Å². The Hall–Kier alpha value is -2.15. The number of aliphatic hydroxyl groups is 1. The topological polar surface area (TPSA) is 110 Å². The van der Waals surface area contributed by atoms with Crippen molar-refractivity contribution in [3.63, 3.8) is 0 Å². The first-order chi connectivity index (χ1) is 8.49. The molecule has 1 heterocycles. The van der Waals surface area contributed by atoms with Crippen LogP contribution in [0.25, 0.3) is 0 Å². The number of β-amino-alcohol motifs (C(OH)–C–C–N with tert-alkyl or cyclic N) is 1. The maximum Gasteiger partial charge on any atom is 0.293 e. The standard InChI is InChI=1S/C11H13N3O4/c12-11(16)7-1-2-9(10(5-7)14(17)18)13-4-3-8(15)6-13/h1-2,5,8,15H,3-4,6H2,(H2,12,16). The molecule has 1 fully saturated rings. The summed E-state index contributed by atoms with van der Waals surface area (Å²) in [5, 5.41) is 20.4. The monoisotopic (exact) mass is 251 g/mol. The smallest absolute Gasteiger partial charge is 0.293 e. The SMILES string of the molecule is NC(=O)c1ccc(N2CCC(O)C2)c([N+](=O)[O-])c1. The van der Waals surface area contributed by atoms with Crippen LogP contribution in [0.4, 0.5) is 11.4 Å². The fourth-order valence-corrected chi connectivity index (χ4v) is 2.05. The van der Waals surface area contributed by atoms with Crippen LogP contribution in [0.5, 0.6) is 0 Å². The molecule has 1 amide bonds. The molecule has 0 bridgehead atoms. The van der Waals surface area contributed by atoms with Crippen LogP contribution in [0, 0.1) is 10.1 Å². The highest BCUT2D eigenvalue weighted by Crippen LogP contribution is 2.31. The minimum Gasteiger partial charge on any atom is -0.391 e. The highest BCUT2D eigenvalue weighted by atomic mass is 16.6. The molecule has 1 aromatic carbocycles. The van der Waals surface area contributed by atoms with Gasteiger partial charge in [0.15, 0.2) is 0 Å². The van der Waals surface area contributed by atoms with Crippen LogP contribution in [0.3, 0.4) is 0 Å². The highest BCUT2D eigenvalue weighted by Gasteiger charge is 2.27. The van der Waals surface area contributed by atoms with Gasteiger partial charge < -0.3 is 15.7 Å². The zero-order valence-corrected chi connectivity index (χ0v) is 9.57. The zero-order chi connectivity index (χ0) is 13.3. The van der Waals surface area contributed by atoms with E-state index >= 15 is 0 Å². The summed E-state index contributed by atoms with van der Waals surface area (Å²) in [5.74, 6) is -0.703. The molecule has 1 saturated heterocycles. The second-order valence-corrected chi connectivity index (χ2v) is 4.21. The number of benzene rings is 1. The molecule has 1 aliphatic rings. The molecule has 7 heteroatoms. The minimum absolute atomic E-state index is 0.102. The van der Waals surface area contributed by atoms with E-state index in [-0.39, 0.29) is 11.3 Å². The number of nitro benzene ring substituents is 1. The van der Waals surface area contributed by atoms with Crippen LogP contribution in [0.1, 0.15) is 16.8 Å². The third kappa shape index (κ3) is 2.25. The third-order valence-electron chi connectivity index (χ3n) is 2.96. The van der Waals surface area contributed by atoms with Gasteiger partial charge in [0.2, 0.25) is 5.91 Å². The second-order valence-electron chi connectivity index (χ2n) is 4.21. The highest BCUT2D eigenvalue weighted by molar-refractivity contribution is 5.94. The Morgan fingerprint density at radius 3 is 2.78 bits per heavy atom. The van der Waals surface area contributed by atoms with Gasteiger partial charge in [-0.15, -0.1) is 0 Å². The van der Waals surface area contributed by atoms with Crippen LogP contribution < -0.4 is 10.6 Å². The molecule has 1 aromatic rings. The lowest BCUT2D eigenvalue weighted by atomic mass is 10.1. The van der Waals surface area contributed by atoms with Crippen molar-refractivity contribution in [2.45, 2.75) is 12.5 Å². The van der Waals surface area contributed by atoms with E-state index in [0.717, 1.165) is 0 Å². The van der Waals surface area contributed by atoms with Crippen molar-refractivity contribution in [2.75, 3.05) is 18.0 Å². The molecule has 2 rings (SSSR count). The van der Waals surface area contributed by atoms with Crippen LogP contribution in [-0.2, 0) is 0 Å². The number of hydrogen-bond acceptors (Lipinski definition) is 5. The molecular formula is C11H13N3O4. The summed E-state index contributed by atoms with van der Waals surface area (Å²) in [7, 11) is 0. The van der Waals surface area contributed by atoms with Crippen molar-refractivity contribution in [1.29, 1.82) is 0 Å². The molecule has 0 spiro atoms. The molecule has 18 heavy (non-hydrogen) atoms. The van der Waals surface area contributed by atoms with E-state index < -0.39 is 16.9 Å². The van der Waals surface area contributed by atoms with Gasteiger partial charge in [-0.3, -0.25) is 14.9 Å². The van der Waals surface area contributed by atoms with Crippen molar-refractivity contribution in [3.8, 4) is 0 Å². The van der Waals surface area contributed by atoms with Crippen molar-refractivity contribution in [2.24, 2.45) is 5.73 Å². The van der Waals surface area contributed by atoms with E-state index in [1.54, 1.807) is 4.90 Å². The van der Waals surface area contributed by atoms with E-state index in [0.29, 0.717) is 25.2 Å². The van der Waals surface area contributed by atoms with Crippen LogP contribution in [-0.4, -0.2) is 35.1 Å². The van der Waals surface area contributed by atoms with Crippen molar-refractivity contribution < 1.29 is 14.8 Å². The van der Waals surface area contributed by atoms with E-state index in [2.05, 4.69) is 0 Å². The molecule has 1 unspecified atom stereocenters. The molecule has 0 aliphatic carbocycles. The molecule has 0 aromatic heterocycles. The number of carbonyl (C=O) groups excluding carboxylic acids is 1. The lowest BCUT2D eigenvalue weighted by Gasteiger charge is -2.17. The van der Waals surface area contributed by atoms with Crippen LogP contribution in [0.2, 0.25) is 0 Å². The van der Waals surface area contributed by atoms with Gasteiger partial charge in [0.05, 0.1) is 11.0 Å². The Balaban J connectivity index is 2.41. The predicted octanol–water partition coefficient (Wildman–Crippen LogP) is 0.265. The molecule has 0 saturated carbocycles. The minimum atomic E-state index is -0.703. The van der Waals surface area contributed by atoms with Crippen LogP contribution in [0.15, 0.2) is 18.2 Å². The molecule has 0 radical (unpaired) electrons. The first kappa shape index (κ1) is 12.3. The third-order valence-corrected chi connectivity index (χ3v) is 2.96. The number of rotatable bonds is 3. The number of anilines is 1. The summed E-state index contributed by atoms with van der Waals surface area (Å²) in [6.45, 7) is 0.911. The number of nitro groups is 1. The van der Waals surface area contributed by atoms with Crippen molar-refractivity contribution in [3.05, 3.63) is 33.9 Å². The van der Waals surface area contributed by atoms with Crippen LogP contribution >= 0.6 is 0 Å². The largest absolute Gasteiger partial charge is 0.391 e. The quantitative estimate of drug-likeness (QED) is 0.591. The summed E-state index contributed by atoms with van der Waals surface area (Å²) in [6.07, 6.45) is 0.106. The molecular weight excluding hydrogens is 238 g/mol. The van der Waals surface area contributed by atoms with Gasteiger partial charge in [0.1, 0.15) is 5.69 Å². The first-order valence-corrected chi connectivity index (χ1v) is 5.50. The summed E-state index contributed by atoms with van der Waals surface area (Å²) < 4.78 is 0. The average Bonchev–Trinajstić information content (AvgIpc) is 2.74. The van der Waals surface area contributed by atoms with E-state index in [1.165, 1.54) is 18.2 Å². The summed E-state index contributed by atoms with van der Waals surface area (Å²) in [4.78, 5) is 23.2. The van der Waals surface area contributed by atoms with E-state index in [9.17, 15) is 20.0 Å². The zero-order valence-electron chi connectivity index (χ0n) is 9.57. The Bertz CT molecular complexity index is 503. The number of hydrogen-bond donors (Lipinski definition) is 2. The first-order valence-electron chi connectivity index (χ1n) is 5.50. The predicted molar refractivity (Wildman–Crippen MR) is 64.5 cm³/mol. The molecule has 7 nitrogen and oxygen atoms in total. The normalized spacial score (nSPS) is 18.9. The Kier molecular flexibility index (Phi) is 3.15. The fraction of sp³-hybridized carbons (Fsp3) is 0.364. The van der Waals surface area contributed by atoms with Crippen molar-refractivity contribution in [1.82, 2.24) is 0 Å². The van der Waals surface area contributed by atoms with Gasteiger partial charge in [-0.25, -0.2) is 0 Å². The van der Waals surface area contributed by atoms with Gasteiger partial charge in [-0.05, 0) is 18.6 Å². The summed E-state index contributed by atoms with van der Waals surface area (Å²) in [5.41, 5.74) is 5.43. The lowest BCUT2D eigenvalue weighted by Crippen LogP contribution is -2.22. The number of aliphatic hydroxyl groups excluding tert-OH is 1. The maximum atomic E-state index is 11.0. The molecule has 3 N–H and O–H groups in total. The van der Waals surface area contributed by atoms with E-state index in [4.69, 9.17) is 5.73 Å². The summed E-state index contributed by atoms with van der Waals surface area (Å²) in [6, 6.07) is 4.12. The number of nitrogens with two attached hydrogens (primary N) is 1. The molecule has 96 valence electrons. The van der Waals surface area contributed by atoms with Crippen molar-refractivity contribution >= 4 is 17.3 Å². The average molecular weight is 251 g/mol.